The van der Waals surface area contributed by atoms with Gasteiger partial charge in [-0.1, -0.05) is 0 Å². The highest BCUT2D eigenvalue weighted by molar-refractivity contribution is 9.10. The van der Waals surface area contributed by atoms with Gasteiger partial charge in [-0.15, -0.1) is 0 Å². The summed E-state index contributed by atoms with van der Waals surface area (Å²) in [6.45, 7) is 2.72. The SMILES string of the molecule is CCNc1ccnc(C(=O)Nc2ccc(Br)c(F)c2)c1. The Morgan fingerprint density at radius 2 is 2.10 bits per heavy atom. The molecule has 0 saturated heterocycles. The lowest BCUT2D eigenvalue weighted by atomic mass is 10.2. The van der Waals surface area contributed by atoms with Gasteiger partial charge >= 0.3 is 0 Å². The Labute approximate surface area is 124 Å². The highest BCUT2D eigenvalue weighted by atomic mass is 79.9. The molecule has 0 atom stereocenters. The predicted octanol–water partition coefficient (Wildman–Crippen LogP) is 3.67. The van der Waals surface area contributed by atoms with Crippen LogP contribution in [0.2, 0.25) is 0 Å². The van der Waals surface area contributed by atoms with E-state index < -0.39 is 5.82 Å². The molecule has 0 radical (unpaired) electrons. The van der Waals surface area contributed by atoms with Crippen molar-refractivity contribution in [3.05, 3.63) is 52.5 Å². The highest BCUT2D eigenvalue weighted by Gasteiger charge is 2.09. The van der Waals surface area contributed by atoms with Crippen LogP contribution < -0.4 is 10.6 Å². The normalized spacial score (nSPS) is 10.2. The predicted molar refractivity (Wildman–Crippen MR) is 80.5 cm³/mol. The summed E-state index contributed by atoms with van der Waals surface area (Å²) in [7, 11) is 0. The molecule has 104 valence electrons. The number of carbonyl (C=O) groups excluding carboxylic acids is 1. The van der Waals surface area contributed by atoms with Crippen LogP contribution in [0.25, 0.3) is 0 Å². The lowest BCUT2D eigenvalue weighted by Gasteiger charge is -2.07. The first kappa shape index (κ1) is 14.5. The zero-order valence-electron chi connectivity index (χ0n) is 10.8. The Bertz CT molecular complexity index is 634. The van der Waals surface area contributed by atoms with Gasteiger partial charge in [0.2, 0.25) is 0 Å². The minimum atomic E-state index is -0.433. The fourth-order valence-electron chi connectivity index (χ4n) is 1.64. The Morgan fingerprint density at radius 1 is 1.30 bits per heavy atom. The van der Waals surface area contributed by atoms with E-state index in [4.69, 9.17) is 0 Å². The summed E-state index contributed by atoms with van der Waals surface area (Å²) in [5.74, 6) is -0.816. The molecule has 0 fully saturated rings. The van der Waals surface area contributed by atoms with Crippen molar-refractivity contribution in [3.8, 4) is 0 Å². The highest BCUT2D eigenvalue weighted by Crippen LogP contribution is 2.20. The zero-order chi connectivity index (χ0) is 14.5. The van der Waals surface area contributed by atoms with Gasteiger partial charge in [-0.2, -0.15) is 0 Å². The first-order valence-electron chi connectivity index (χ1n) is 6.06. The monoisotopic (exact) mass is 337 g/mol. The van der Waals surface area contributed by atoms with E-state index in [1.165, 1.54) is 12.1 Å². The molecule has 1 aromatic carbocycles. The summed E-state index contributed by atoms with van der Waals surface area (Å²) in [6, 6.07) is 7.82. The van der Waals surface area contributed by atoms with Crippen molar-refractivity contribution in [2.75, 3.05) is 17.2 Å². The van der Waals surface area contributed by atoms with Crippen LogP contribution in [0.1, 0.15) is 17.4 Å². The number of hydrogen-bond acceptors (Lipinski definition) is 3. The molecular weight excluding hydrogens is 325 g/mol. The average molecular weight is 338 g/mol. The molecule has 0 aliphatic rings. The average Bonchev–Trinajstić information content (AvgIpc) is 2.43. The van der Waals surface area contributed by atoms with Crippen molar-refractivity contribution in [1.82, 2.24) is 4.98 Å². The van der Waals surface area contributed by atoms with Crippen molar-refractivity contribution in [2.24, 2.45) is 0 Å². The van der Waals surface area contributed by atoms with Crippen LogP contribution in [-0.2, 0) is 0 Å². The first-order valence-corrected chi connectivity index (χ1v) is 6.85. The molecule has 4 nitrogen and oxygen atoms in total. The summed E-state index contributed by atoms with van der Waals surface area (Å²) in [4.78, 5) is 16.0. The number of carbonyl (C=O) groups is 1. The topological polar surface area (TPSA) is 54.0 Å². The lowest BCUT2D eigenvalue weighted by Crippen LogP contribution is -2.14. The van der Waals surface area contributed by atoms with Crippen molar-refractivity contribution in [1.29, 1.82) is 0 Å². The quantitative estimate of drug-likeness (QED) is 0.894. The van der Waals surface area contributed by atoms with Crippen molar-refractivity contribution >= 4 is 33.2 Å². The summed E-state index contributed by atoms with van der Waals surface area (Å²) in [5.41, 5.74) is 1.47. The van der Waals surface area contributed by atoms with Crippen LogP contribution in [-0.4, -0.2) is 17.4 Å². The fraction of sp³-hybridized carbons (Fsp3) is 0.143. The van der Waals surface area contributed by atoms with E-state index in [9.17, 15) is 9.18 Å². The maximum Gasteiger partial charge on any atom is 0.274 e. The molecular formula is C14H13BrFN3O. The van der Waals surface area contributed by atoms with Crippen molar-refractivity contribution in [2.45, 2.75) is 6.92 Å². The second-order valence-electron chi connectivity index (χ2n) is 4.04. The Balaban J connectivity index is 2.15. The third kappa shape index (κ3) is 3.54. The molecule has 2 rings (SSSR count). The van der Waals surface area contributed by atoms with E-state index in [1.807, 2.05) is 6.92 Å². The van der Waals surface area contributed by atoms with E-state index in [0.717, 1.165) is 12.2 Å². The van der Waals surface area contributed by atoms with E-state index in [2.05, 4.69) is 31.5 Å². The Morgan fingerprint density at radius 3 is 2.80 bits per heavy atom. The third-order valence-electron chi connectivity index (χ3n) is 2.55. The zero-order valence-corrected chi connectivity index (χ0v) is 12.4. The largest absolute Gasteiger partial charge is 0.385 e. The number of hydrogen-bond donors (Lipinski definition) is 2. The van der Waals surface area contributed by atoms with E-state index >= 15 is 0 Å². The first-order chi connectivity index (χ1) is 9.60. The van der Waals surface area contributed by atoms with Crippen LogP contribution >= 0.6 is 15.9 Å². The molecule has 0 unspecified atom stereocenters. The van der Waals surface area contributed by atoms with Gasteiger partial charge in [0.15, 0.2) is 0 Å². The maximum atomic E-state index is 13.4. The van der Waals surface area contributed by atoms with Gasteiger partial charge in [-0.05, 0) is 53.2 Å². The molecule has 0 bridgehead atoms. The van der Waals surface area contributed by atoms with Gasteiger partial charge in [0.1, 0.15) is 11.5 Å². The summed E-state index contributed by atoms with van der Waals surface area (Å²) in [6.07, 6.45) is 1.55. The molecule has 2 N–H and O–H groups in total. The summed E-state index contributed by atoms with van der Waals surface area (Å²) < 4.78 is 13.7. The molecule has 0 saturated carbocycles. The lowest BCUT2D eigenvalue weighted by molar-refractivity contribution is 0.102. The number of amides is 1. The van der Waals surface area contributed by atoms with Crippen LogP contribution in [0, 0.1) is 5.82 Å². The van der Waals surface area contributed by atoms with Gasteiger partial charge in [0, 0.05) is 24.1 Å². The van der Waals surface area contributed by atoms with Gasteiger partial charge in [0.05, 0.1) is 4.47 Å². The number of anilines is 2. The number of rotatable bonds is 4. The van der Waals surface area contributed by atoms with Crippen molar-refractivity contribution < 1.29 is 9.18 Å². The maximum absolute atomic E-state index is 13.4. The number of halogens is 2. The van der Waals surface area contributed by atoms with Gasteiger partial charge in [0.25, 0.3) is 5.91 Å². The molecule has 2 aromatic rings. The molecule has 1 heterocycles. The van der Waals surface area contributed by atoms with Crippen LogP contribution in [0.3, 0.4) is 0 Å². The molecule has 20 heavy (non-hydrogen) atoms. The van der Waals surface area contributed by atoms with Crippen LogP contribution in [0.15, 0.2) is 41.0 Å². The van der Waals surface area contributed by atoms with Crippen LogP contribution in [0.4, 0.5) is 15.8 Å². The number of benzene rings is 1. The van der Waals surface area contributed by atoms with E-state index in [-0.39, 0.29) is 11.6 Å². The fourth-order valence-corrected chi connectivity index (χ4v) is 1.88. The standard InChI is InChI=1S/C14H13BrFN3O/c1-2-17-9-5-6-18-13(8-9)14(20)19-10-3-4-11(15)12(16)7-10/h3-8H,2H2,1H3,(H,17,18)(H,19,20). The van der Waals surface area contributed by atoms with E-state index in [1.54, 1.807) is 24.4 Å². The smallest absolute Gasteiger partial charge is 0.274 e. The second kappa shape index (κ2) is 6.47. The number of nitrogens with one attached hydrogen (secondary N) is 2. The van der Waals surface area contributed by atoms with Gasteiger partial charge < -0.3 is 10.6 Å². The number of pyridine rings is 1. The Hall–Kier alpha value is -1.95. The molecule has 1 amide bonds. The summed E-state index contributed by atoms with van der Waals surface area (Å²) in [5, 5.41) is 5.70. The molecule has 0 aliphatic carbocycles. The molecule has 6 heteroatoms. The van der Waals surface area contributed by atoms with E-state index in [0.29, 0.717) is 10.2 Å². The second-order valence-corrected chi connectivity index (χ2v) is 4.90. The molecule has 1 aromatic heterocycles. The minimum absolute atomic E-state index is 0.270. The van der Waals surface area contributed by atoms with Crippen molar-refractivity contribution in [3.63, 3.8) is 0 Å². The van der Waals surface area contributed by atoms with Gasteiger partial charge in [-0.3, -0.25) is 9.78 Å². The number of nitrogens with zero attached hydrogens (tertiary/aromatic N) is 1. The number of aromatic nitrogens is 1. The van der Waals surface area contributed by atoms with Gasteiger partial charge in [-0.25, -0.2) is 4.39 Å². The third-order valence-corrected chi connectivity index (χ3v) is 3.19. The summed E-state index contributed by atoms with van der Waals surface area (Å²) >= 11 is 3.06. The molecule has 0 spiro atoms. The Kier molecular flexibility index (Phi) is 4.68. The molecule has 0 aliphatic heterocycles. The minimum Gasteiger partial charge on any atom is -0.385 e. The van der Waals surface area contributed by atoms with Crippen LogP contribution in [0.5, 0.6) is 0 Å².